The van der Waals surface area contributed by atoms with E-state index in [1.165, 1.54) is 13.1 Å². The van der Waals surface area contributed by atoms with Crippen LogP contribution in [0.4, 0.5) is 0 Å². The van der Waals surface area contributed by atoms with Gasteiger partial charge in [-0.1, -0.05) is 0 Å². The van der Waals surface area contributed by atoms with Crippen LogP contribution in [0.3, 0.4) is 0 Å². The number of nitrogens with one attached hydrogen (secondary N) is 2. The first-order chi connectivity index (χ1) is 6.11. The van der Waals surface area contributed by atoms with Crippen LogP contribution >= 0.6 is 0 Å². The molecule has 0 radical (unpaired) electrons. The van der Waals surface area contributed by atoms with Gasteiger partial charge in [-0.3, -0.25) is 14.7 Å². The molecule has 0 saturated carbocycles. The van der Waals surface area contributed by atoms with E-state index in [0.717, 1.165) is 0 Å². The van der Waals surface area contributed by atoms with E-state index in [9.17, 15) is 9.59 Å². The molecular weight excluding hydrogens is 170 g/mol. The molecule has 2 N–H and O–H groups in total. The second kappa shape index (κ2) is 3.84. The first-order valence-electron chi connectivity index (χ1n) is 3.92. The van der Waals surface area contributed by atoms with E-state index in [2.05, 4.69) is 15.5 Å². The average molecular weight is 181 g/mol. The molecule has 1 aromatic heterocycles. The van der Waals surface area contributed by atoms with Gasteiger partial charge in [0.05, 0.1) is 6.04 Å². The molecule has 0 saturated heterocycles. The minimum atomic E-state index is -0.462. The Morgan fingerprint density at radius 1 is 1.62 bits per heavy atom. The van der Waals surface area contributed by atoms with Gasteiger partial charge in [-0.25, -0.2) is 0 Å². The summed E-state index contributed by atoms with van der Waals surface area (Å²) >= 11 is 0. The van der Waals surface area contributed by atoms with Crippen LogP contribution in [0.25, 0.3) is 0 Å². The lowest BCUT2D eigenvalue weighted by Gasteiger charge is -2.08. The second-order valence-corrected chi connectivity index (χ2v) is 2.78. The summed E-state index contributed by atoms with van der Waals surface area (Å²) in [7, 11) is 0. The third kappa shape index (κ3) is 2.40. The Bertz CT molecular complexity index is 305. The van der Waals surface area contributed by atoms with Crippen LogP contribution in [0.2, 0.25) is 0 Å². The number of aromatic amines is 1. The molecule has 0 bridgehead atoms. The Morgan fingerprint density at radius 2 is 2.31 bits per heavy atom. The summed E-state index contributed by atoms with van der Waals surface area (Å²) < 4.78 is 0. The second-order valence-electron chi connectivity index (χ2n) is 2.78. The number of aromatic nitrogens is 2. The fourth-order valence-electron chi connectivity index (χ4n) is 0.758. The van der Waals surface area contributed by atoms with Gasteiger partial charge in [0, 0.05) is 6.20 Å². The summed E-state index contributed by atoms with van der Waals surface area (Å²) in [6.07, 6.45) is 1.48. The molecule has 1 unspecified atom stereocenters. The van der Waals surface area contributed by atoms with Gasteiger partial charge in [-0.2, -0.15) is 5.10 Å². The van der Waals surface area contributed by atoms with Gasteiger partial charge in [0.15, 0.2) is 5.78 Å². The molecule has 5 nitrogen and oxygen atoms in total. The summed E-state index contributed by atoms with van der Waals surface area (Å²) in [6, 6.07) is 1.08. The molecule has 0 aliphatic rings. The molecule has 13 heavy (non-hydrogen) atoms. The number of rotatable bonds is 3. The Kier molecular flexibility index (Phi) is 2.79. The third-order valence-corrected chi connectivity index (χ3v) is 1.70. The fourth-order valence-corrected chi connectivity index (χ4v) is 0.758. The van der Waals surface area contributed by atoms with E-state index < -0.39 is 6.04 Å². The van der Waals surface area contributed by atoms with Gasteiger partial charge in [0.25, 0.3) is 5.91 Å². The summed E-state index contributed by atoms with van der Waals surface area (Å²) in [5.74, 6) is -0.395. The van der Waals surface area contributed by atoms with E-state index in [-0.39, 0.29) is 11.7 Å². The number of nitrogens with zero attached hydrogens (tertiary/aromatic N) is 1. The first kappa shape index (κ1) is 9.44. The molecule has 1 aromatic rings. The van der Waals surface area contributed by atoms with Gasteiger partial charge in [0.2, 0.25) is 0 Å². The molecule has 0 aromatic carbocycles. The number of ketones is 1. The molecule has 0 aliphatic carbocycles. The Morgan fingerprint density at radius 3 is 2.77 bits per heavy atom. The molecule has 1 atom stereocenters. The highest BCUT2D eigenvalue weighted by atomic mass is 16.2. The predicted octanol–water partition coefficient (Wildman–Crippen LogP) is 0.117. The third-order valence-electron chi connectivity index (χ3n) is 1.70. The Labute approximate surface area is 75.5 Å². The molecule has 5 heteroatoms. The number of H-pyrrole nitrogens is 1. The maximum absolute atomic E-state index is 11.3. The molecule has 1 heterocycles. The van der Waals surface area contributed by atoms with Crippen molar-refractivity contribution in [2.24, 2.45) is 0 Å². The molecule has 0 aliphatic heterocycles. The normalized spacial score (nSPS) is 12.2. The topological polar surface area (TPSA) is 74.8 Å². The van der Waals surface area contributed by atoms with Crippen molar-refractivity contribution in [3.63, 3.8) is 0 Å². The fraction of sp³-hybridized carbons (Fsp3) is 0.375. The van der Waals surface area contributed by atoms with Crippen molar-refractivity contribution in [1.29, 1.82) is 0 Å². The highest BCUT2D eigenvalue weighted by molar-refractivity contribution is 5.95. The van der Waals surface area contributed by atoms with Crippen LogP contribution in [-0.4, -0.2) is 27.9 Å². The van der Waals surface area contributed by atoms with Crippen LogP contribution in [0, 0.1) is 0 Å². The van der Waals surface area contributed by atoms with Gasteiger partial charge in [0.1, 0.15) is 5.69 Å². The van der Waals surface area contributed by atoms with Crippen molar-refractivity contribution < 1.29 is 9.59 Å². The van der Waals surface area contributed by atoms with Gasteiger partial charge in [-0.05, 0) is 19.9 Å². The monoisotopic (exact) mass is 181 g/mol. The molecule has 70 valence electrons. The van der Waals surface area contributed by atoms with Crippen molar-refractivity contribution in [2.75, 3.05) is 0 Å². The lowest BCUT2D eigenvalue weighted by atomic mass is 10.2. The lowest BCUT2D eigenvalue weighted by molar-refractivity contribution is -0.118. The Balaban J connectivity index is 2.56. The molecular formula is C8H11N3O2. The van der Waals surface area contributed by atoms with Crippen LogP contribution in [-0.2, 0) is 4.79 Å². The zero-order chi connectivity index (χ0) is 9.84. The number of carbonyl (C=O) groups excluding carboxylic acids is 2. The minimum absolute atomic E-state index is 0.0761. The zero-order valence-corrected chi connectivity index (χ0v) is 7.50. The molecule has 1 amide bonds. The van der Waals surface area contributed by atoms with Gasteiger partial charge >= 0.3 is 0 Å². The highest BCUT2D eigenvalue weighted by Crippen LogP contribution is 1.93. The molecule has 0 spiro atoms. The van der Waals surface area contributed by atoms with E-state index in [1.54, 1.807) is 13.0 Å². The quantitative estimate of drug-likeness (QED) is 0.695. The Hall–Kier alpha value is -1.65. The molecule has 0 fully saturated rings. The standard InChI is InChI=1S/C8H11N3O2/c1-5(6(2)12)10-8(13)7-3-4-9-11-7/h3-5H,1-2H3,(H,9,11)(H,10,13). The van der Waals surface area contributed by atoms with Gasteiger partial charge in [-0.15, -0.1) is 0 Å². The van der Waals surface area contributed by atoms with Crippen molar-refractivity contribution in [2.45, 2.75) is 19.9 Å². The number of carbonyl (C=O) groups is 2. The van der Waals surface area contributed by atoms with E-state index >= 15 is 0 Å². The van der Waals surface area contributed by atoms with Crippen LogP contribution < -0.4 is 5.32 Å². The summed E-state index contributed by atoms with van der Waals surface area (Å²) in [5.41, 5.74) is 0.355. The number of hydrogen-bond acceptors (Lipinski definition) is 3. The average Bonchev–Trinajstić information content (AvgIpc) is 2.55. The van der Waals surface area contributed by atoms with Crippen LogP contribution in [0.15, 0.2) is 12.3 Å². The maximum Gasteiger partial charge on any atom is 0.269 e. The summed E-state index contributed by atoms with van der Waals surface area (Å²) in [5, 5.41) is 8.65. The van der Waals surface area contributed by atoms with E-state index in [4.69, 9.17) is 0 Å². The lowest BCUT2D eigenvalue weighted by Crippen LogP contribution is -2.37. The SMILES string of the molecule is CC(=O)C(C)NC(=O)c1ccn[nH]1. The van der Waals surface area contributed by atoms with E-state index in [0.29, 0.717) is 5.69 Å². The van der Waals surface area contributed by atoms with Crippen molar-refractivity contribution in [1.82, 2.24) is 15.5 Å². The van der Waals surface area contributed by atoms with E-state index in [1.807, 2.05) is 0 Å². The van der Waals surface area contributed by atoms with Crippen molar-refractivity contribution >= 4 is 11.7 Å². The summed E-state index contributed by atoms with van der Waals surface area (Å²) in [4.78, 5) is 22.1. The molecule has 1 rings (SSSR count). The highest BCUT2D eigenvalue weighted by Gasteiger charge is 2.13. The van der Waals surface area contributed by atoms with Crippen LogP contribution in [0.5, 0.6) is 0 Å². The first-order valence-corrected chi connectivity index (χ1v) is 3.92. The maximum atomic E-state index is 11.3. The predicted molar refractivity (Wildman–Crippen MR) is 46.2 cm³/mol. The summed E-state index contributed by atoms with van der Waals surface area (Å²) in [6.45, 7) is 3.06. The number of hydrogen-bond donors (Lipinski definition) is 2. The smallest absolute Gasteiger partial charge is 0.269 e. The van der Waals surface area contributed by atoms with Gasteiger partial charge < -0.3 is 5.32 Å². The minimum Gasteiger partial charge on any atom is -0.341 e. The number of amides is 1. The zero-order valence-electron chi connectivity index (χ0n) is 7.50. The number of Topliss-reactive ketones (excluding diaryl/α,β-unsaturated/α-hetero) is 1. The van der Waals surface area contributed by atoms with Crippen LogP contribution in [0.1, 0.15) is 24.3 Å². The van der Waals surface area contributed by atoms with Crippen molar-refractivity contribution in [3.8, 4) is 0 Å². The van der Waals surface area contributed by atoms with Crippen molar-refractivity contribution in [3.05, 3.63) is 18.0 Å². The largest absolute Gasteiger partial charge is 0.341 e.